The number of nitrogens with zero attached hydrogens (tertiary/aromatic N) is 5. The maximum Gasteiger partial charge on any atom is 0.416 e. The predicted octanol–water partition coefficient (Wildman–Crippen LogP) is 5.63. The minimum Gasteiger partial charge on any atom is -0.340 e. The fourth-order valence-corrected chi connectivity index (χ4v) is 5.29. The number of aromatic amines is 1. The number of nitrogens with one attached hydrogen (secondary N) is 2. The van der Waals surface area contributed by atoms with Crippen LogP contribution in [-0.2, 0) is 19.8 Å². The fraction of sp³-hybridized carbons (Fsp3) is 0.364. The standard InChI is InChI=1S/C33H36F3N7O/c1-5-12-42-13-15-43(16-14-42)20-26-9-10-27(18-29(26)33(34,35)36)40-32(44)25-7-6-22(2)24(17-25)8-11-28-21-41(4)31(39-28)30-37-19-23(3)38-30/h6-7,9-10,17-19,21H,5,12-16,20H2,1-4H3,(H,37,38)(H,40,44). The molecule has 0 unspecified atom stereocenters. The van der Waals surface area contributed by atoms with Gasteiger partial charge in [-0.1, -0.05) is 25.0 Å². The highest BCUT2D eigenvalue weighted by atomic mass is 19.4. The zero-order chi connectivity index (χ0) is 31.4. The Morgan fingerprint density at radius 3 is 2.48 bits per heavy atom. The van der Waals surface area contributed by atoms with Gasteiger partial charge in [-0.2, -0.15) is 13.2 Å². The number of aromatic nitrogens is 4. The predicted molar refractivity (Wildman–Crippen MR) is 164 cm³/mol. The summed E-state index contributed by atoms with van der Waals surface area (Å²) in [6, 6.07) is 9.05. The Labute approximate surface area is 255 Å². The Balaban J connectivity index is 1.30. The van der Waals surface area contributed by atoms with Crippen molar-refractivity contribution in [2.45, 2.75) is 39.9 Å². The van der Waals surface area contributed by atoms with Gasteiger partial charge in [-0.05, 0) is 68.1 Å². The second kappa shape index (κ2) is 13.1. The molecule has 3 heterocycles. The van der Waals surface area contributed by atoms with Gasteiger partial charge in [-0.25, -0.2) is 9.97 Å². The lowest BCUT2D eigenvalue weighted by atomic mass is 10.0. The van der Waals surface area contributed by atoms with Crippen molar-refractivity contribution in [3.63, 3.8) is 0 Å². The minimum atomic E-state index is -4.55. The highest BCUT2D eigenvalue weighted by molar-refractivity contribution is 6.04. The van der Waals surface area contributed by atoms with E-state index in [-0.39, 0.29) is 23.4 Å². The topological polar surface area (TPSA) is 82.1 Å². The minimum absolute atomic E-state index is 0.0845. The molecule has 1 aliphatic heterocycles. The molecule has 8 nitrogen and oxygen atoms in total. The van der Waals surface area contributed by atoms with Crippen molar-refractivity contribution in [3.05, 3.63) is 88.0 Å². The number of aryl methyl sites for hydroxylation is 3. The van der Waals surface area contributed by atoms with Crippen LogP contribution in [0.2, 0.25) is 0 Å². The second-order valence-electron chi connectivity index (χ2n) is 11.2. The van der Waals surface area contributed by atoms with Crippen LogP contribution >= 0.6 is 0 Å². The number of imidazole rings is 2. The molecule has 230 valence electrons. The molecular weight excluding hydrogens is 567 g/mol. The van der Waals surface area contributed by atoms with Gasteiger partial charge in [0.05, 0.1) is 5.56 Å². The maximum absolute atomic E-state index is 14.1. The second-order valence-corrected chi connectivity index (χ2v) is 11.2. The van der Waals surface area contributed by atoms with E-state index in [2.05, 4.69) is 43.9 Å². The first-order chi connectivity index (χ1) is 21.0. The normalized spacial score (nSPS) is 14.3. The van der Waals surface area contributed by atoms with Crippen LogP contribution in [0.3, 0.4) is 0 Å². The van der Waals surface area contributed by atoms with E-state index >= 15 is 0 Å². The lowest BCUT2D eigenvalue weighted by Gasteiger charge is -2.35. The van der Waals surface area contributed by atoms with Gasteiger partial charge in [0.15, 0.2) is 11.6 Å². The van der Waals surface area contributed by atoms with Crippen molar-refractivity contribution < 1.29 is 18.0 Å². The molecule has 0 aliphatic carbocycles. The molecule has 0 spiro atoms. The Kier molecular flexibility index (Phi) is 9.22. The first kappa shape index (κ1) is 31.0. The number of hydrogen-bond acceptors (Lipinski definition) is 5. The molecule has 1 amide bonds. The van der Waals surface area contributed by atoms with Crippen LogP contribution in [0.4, 0.5) is 18.9 Å². The fourth-order valence-electron chi connectivity index (χ4n) is 5.29. The number of carbonyl (C=O) groups is 1. The summed E-state index contributed by atoms with van der Waals surface area (Å²) in [6.45, 7) is 10.3. The van der Waals surface area contributed by atoms with E-state index in [1.165, 1.54) is 12.1 Å². The van der Waals surface area contributed by atoms with Gasteiger partial charge >= 0.3 is 6.18 Å². The summed E-state index contributed by atoms with van der Waals surface area (Å²) in [5.74, 6) is 6.88. The number of alkyl halides is 3. The molecule has 2 aromatic heterocycles. The van der Waals surface area contributed by atoms with Crippen LogP contribution < -0.4 is 5.32 Å². The van der Waals surface area contributed by atoms with Crippen molar-refractivity contribution in [2.75, 3.05) is 38.0 Å². The molecule has 0 radical (unpaired) electrons. The maximum atomic E-state index is 14.1. The summed E-state index contributed by atoms with van der Waals surface area (Å²) in [4.78, 5) is 29.5. The molecule has 1 aliphatic rings. The van der Waals surface area contributed by atoms with Gasteiger partial charge in [-0.3, -0.25) is 9.69 Å². The highest BCUT2D eigenvalue weighted by Gasteiger charge is 2.34. The van der Waals surface area contributed by atoms with Gasteiger partial charge in [0, 0.05) is 74.7 Å². The van der Waals surface area contributed by atoms with E-state index in [1.54, 1.807) is 30.6 Å². The summed E-state index contributed by atoms with van der Waals surface area (Å²) in [7, 11) is 1.85. The highest BCUT2D eigenvalue weighted by Crippen LogP contribution is 2.35. The molecule has 0 bridgehead atoms. The monoisotopic (exact) mass is 603 g/mol. The molecule has 0 saturated carbocycles. The van der Waals surface area contributed by atoms with Crippen LogP contribution in [0, 0.1) is 25.7 Å². The number of halogens is 3. The van der Waals surface area contributed by atoms with Gasteiger partial charge in [0.2, 0.25) is 0 Å². The zero-order valence-corrected chi connectivity index (χ0v) is 25.3. The number of H-pyrrole nitrogens is 1. The van der Waals surface area contributed by atoms with E-state index in [4.69, 9.17) is 0 Å². The van der Waals surface area contributed by atoms with Gasteiger partial charge in [0.25, 0.3) is 5.91 Å². The van der Waals surface area contributed by atoms with Crippen LogP contribution in [0.25, 0.3) is 11.6 Å². The average molecular weight is 604 g/mol. The summed E-state index contributed by atoms with van der Waals surface area (Å²) in [5.41, 5.74) is 2.76. The smallest absolute Gasteiger partial charge is 0.340 e. The van der Waals surface area contributed by atoms with E-state index in [1.807, 2.05) is 30.4 Å². The van der Waals surface area contributed by atoms with Crippen molar-refractivity contribution in [2.24, 2.45) is 7.05 Å². The molecule has 1 saturated heterocycles. The molecule has 4 aromatic rings. The molecule has 1 fully saturated rings. The van der Waals surface area contributed by atoms with Crippen LogP contribution in [-0.4, -0.2) is 67.9 Å². The molecule has 0 atom stereocenters. The van der Waals surface area contributed by atoms with Crippen molar-refractivity contribution >= 4 is 11.6 Å². The largest absolute Gasteiger partial charge is 0.416 e. The Morgan fingerprint density at radius 1 is 1.05 bits per heavy atom. The van der Waals surface area contributed by atoms with Crippen LogP contribution in [0.1, 0.15) is 57.3 Å². The lowest BCUT2D eigenvalue weighted by molar-refractivity contribution is -0.138. The number of anilines is 1. The average Bonchev–Trinajstić information content (AvgIpc) is 3.58. The van der Waals surface area contributed by atoms with Crippen molar-refractivity contribution in [1.82, 2.24) is 29.3 Å². The Bertz CT molecular complexity index is 1700. The third kappa shape index (κ3) is 7.38. The van der Waals surface area contributed by atoms with E-state index in [0.717, 1.165) is 56.5 Å². The van der Waals surface area contributed by atoms with Gasteiger partial charge < -0.3 is 19.8 Å². The zero-order valence-electron chi connectivity index (χ0n) is 25.3. The summed E-state index contributed by atoms with van der Waals surface area (Å²) >= 11 is 0. The number of benzene rings is 2. The number of hydrogen-bond donors (Lipinski definition) is 2. The van der Waals surface area contributed by atoms with E-state index in [0.29, 0.717) is 22.9 Å². The first-order valence-electron chi connectivity index (χ1n) is 14.6. The number of rotatable bonds is 7. The SMILES string of the molecule is CCCN1CCN(Cc2ccc(NC(=O)c3ccc(C)c(C#Cc4cn(C)c(-c5ncc(C)[nH]5)n4)c3)cc2C(F)(F)F)CC1. The number of amides is 1. The van der Waals surface area contributed by atoms with Crippen molar-refractivity contribution in [1.29, 1.82) is 0 Å². The van der Waals surface area contributed by atoms with Crippen LogP contribution in [0.15, 0.2) is 48.8 Å². The Hall–Kier alpha value is -4.40. The summed E-state index contributed by atoms with van der Waals surface area (Å²) in [6.07, 6.45) is 0.0275. The third-order valence-corrected chi connectivity index (χ3v) is 7.69. The molecular formula is C33H36F3N7O. The number of piperazine rings is 1. The van der Waals surface area contributed by atoms with Crippen molar-refractivity contribution in [3.8, 4) is 23.5 Å². The van der Waals surface area contributed by atoms with E-state index < -0.39 is 17.6 Å². The quantitative estimate of drug-likeness (QED) is 0.268. The van der Waals surface area contributed by atoms with Gasteiger partial charge in [0.1, 0.15) is 5.69 Å². The van der Waals surface area contributed by atoms with Gasteiger partial charge in [-0.15, -0.1) is 0 Å². The molecule has 5 rings (SSSR count). The van der Waals surface area contributed by atoms with Crippen LogP contribution in [0.5, 0.6) is 0 Å². The lowest BCUT2D eigenvalue weighted by Crippen LogP contribution is -2.46. The summed E-state index contributed by atoms with van der Waals surface area (Å²) in [5, 5.41) is 2.64. The Morgan fingerprint density at radius 2 is 1.80 bits per heavy atom. The first-order valence-corrected chi connectivity index (χ1v) is 14.6. The molecule has 2 N–H and O–H groups in total. The molecule has 44 heavy (non-hydrogen) atoms. The molecule has 11 heteroatoms. The van der Waals surface area contributed by atoms with E-state index in [9.17, 15) is 18.0 Å². The summed E-state index contributed by atoms with van der Waals surface area (Å²) < 4.78 is 44.1. The third-order valence-electron chi connectivity index (χ3n) is 7.69. The molecule has 2 aromatic carbocycles. The number of carbonyl (C=O) groups excluding carboxylic acids is 1.